The third-order valence-corrected chi connectivity index (χ3v) is 6.39. The Hall–Kier alpha value is -1.32. The average Bonchev–Trinajstić information content (AvgIpc) is 2.55. The van der Waals surface area contributed by atoms with E-state index in [1.807, 2.05) is 31.1 Å². The topological polar surface area (TPSA) is 49.8 Å². The van der Waals surface area contributed by atoms with Gasteiger partial charge >= 0.3 is 0 Å². The highest BCUT2D eigenvalue weighted by Crippen LogP contribution is 2.57. The van der Waals surface area contributed by atoms with E-state index in [4.69, 9.17) is 16.1 Å². The lowest BCUT2D eigenvalue weighted by Gasteiger charge is -2.24. The van der Waals surface area contributed by atoms with Crippen molar-refractivity contribution in [3.63, 3.8) is 0 Å². The van der Waals surface area contributed by atoms with Gasteiger partial charge in [-0.15, -0.1) is 0 Å². The van der Waals surface area contributed by atoms with Crippen molar-refractivity contribution in [3.05, 3.63) is 59.1 Å². The lowest BCUT2D eigenvalue weighted by Crippen LogP contribution is -2.16. The van der Waals surface area contributed by atoms with Crippen LogP contribution >= 0.6 is 19.0 Å². The second-order valence-corrected chi connectivity index (χ2v) is 8.25. The highest BCUT2D eigenvalue weighted by atomic mass is 35.5. The molecule has 0 unspecified atom stereocenters. The van der Waals surface area contributed by atoms with Crippen molar-refractivity contribution in [2.75, 3.05) is 25.6 Å². The number of halogens is 1. The van der Waals surface area contributed by atoms with Crippen LogP contribution < -0.4 is 10.2 Å². The summed E-state index contributed by atoms with van der Waals surface area (Å²) in [6, 6.07) is 13.8. The molecule has 0 aliphatic carbocycles. The molecule has 0 aromatic heterocycles. The van der Waals surface area contributed by atoms with E-state index < -0.39 is 13.2 Å². The zero-order chi connectivity index (χ0) is 17.0. The average molecular weight is 354 g/mol. The third-order valence-electron chi connectivity index (χ3n) is 3.54. The van der Waals surface area contributed by atoms with Gasteiger partial charge in [0, 0.05) is 30.1 Å². The molecule has 0 fully saturated rings. The summed E-state index contributed by atoms with van der Waals surface area (Å²) >= 11 is 5.87. The molecular formula is C17H21ClNO3P. The number of nitrogens with zero attached hydrogens (tertiary/aromatic N) is 1. The summed E-state index contributed by atoms with van der Waals surface area (Å²) in [4.78, 5) is 1.95. The van der Waals surface area contributed by atoms with Crippen molar-refractivity contribution in [2.45, 2.75) is 12.8 Å². The molecular weight excluding hydrogens is 333 g/mol. The van der Waals surface area contributed by atoms with Crippen LogP contribution in [0.25, 0.3) is 0 Å². The van der Waals surface area contributed by atoms with Crippen LogP contribution in [0.1, 0.15) is 18.3 Å². The van der Waals surface area contributed by atoms with E-state index in [-0.39, 0.29) is 6.61 Å². The summed E-state index contributed by atoms with van der Waals surface area (Å²) in [6.45, 7) is 2.01. The number of hydrogen-bond acceptors (Lipinski definition) is 4. The molecule has 6 heteroatoms. The van der Waals surface area contributed by atoms with Gasteiger partial charge in [0.15, 0.2) is 5.85 Å². The maximum Gasteiger partial charge on any atom is 0.264 e. The molecule has 124 valence electrons. The van der Waals surface area contributed by atoms with E-state index in [1.54, 1.807) is 43.3 Å². The van der Waals surface area contributed by atoms with Crippen molar-refractivity contribution in [1.29, 1.82) is 0 Å². The standard InChI is InChI=1S/C17H21ClNO3P/c1-4-22-23(21,16-11-9-15(10-12-16)19(2)3)17(20)13-5-7-14(18)8-6-13/h5-12,17,20H,4H2,1-3H3/t17-,23-/m1/s1. The number of aliphatic hydroxyl groups is 1. The van der Waals surface area contributed by atoms with Crippen LogP contribution in [0, 0.1) is 0 Å². The minimum Gasteiger partial charge on any atom is -0.378 e. The number of aliphatic hydroxyl groups excluding tert-OH is 1. The van der Waals surface area contributed by atoms with Crippen LogP contribution in [-0.4, -0.2) is 25.8 Å². The number of hydrogen-bond donors (Lipinski definition) is 1. The molecule has 2 atom stereocenters. The zero-order valence-corrected chi connectivity index (χ0v) is 15.1. The molecule has 0 saturated carbocycles. The molecule has 0 amide bonds. The minimum absolute atomic E-state index is 0.247. The Morgan fingerprint density at radius 1 is 1.13 bits per heavy atom. The van der Waals surface area contributed by atoms with Crippen LogP contribution in [0.2, 0.25) is 5.02 Å². The molecule has 23 heavy (non-hydrogen) atoms. The Morgan fingerprint density at radius 2 is 1.70 bits per heavy atom. The van der Waals surface area contributed by atoms with Crippen LogP contribution in [0.15, 0.2) is 48.5 Å². The maximum absolute atomic E-state index is 13.4. The summed E-state index contributed by atoms with van der Waals surface area (Å²) in [5.74, 6) is -1.23. The van der Waals surface area contributed by atoms with E-state index in [9.17, 15) is 9.67 Å². The maximum atomic E-state index is 13.4. The molecule has 0 aliphatic heterocycles. The van der Waals surface area contributed by atoms with Crippen LogP contribution in [0.3, 0.4) is 0 Å². The lowest BCUT2D eigenvalue weighted by atomic mass is 10.2. The fourth-order valence-corrected chi connectivity index (χ4v) is 4.48. The molecule has 2 rings (SSSR count). The Morgan fingerprint density at radius 3 is 2.17 bits per heavy atom. The van der Waals surface area contributed by atoms with E-state index in [1.165, 1.54) is 0 Å². The van der Waals surface area contributed by atoms with Crippen LogP contribution in [0.4, 0.5) is 5.69 Å². The van der Waals surface area contributed by atoms with Gasteiger partial charge in [0.25, 0.3) is 7.37 Å². The van der Waals surface area contributed by atoms with Gasteiger partial charge in [-0.1, -0.05) is 23.7 Å². The first-order valence-corrected chi connectivity index (χ1v) is 9.41. The van der Waals surface area contributed by atoms with Crippen molar-refractivity contribution in [1.82, 2.24) is 0 Å². The number of anilines is 1. The van der Waals surface area contributed by atoms with Gasteiger partial charge in [-0.05, 0) is 48.9 Å². The summed E-state index contributed by atoms with van der Waals surface area (Å²) in [7, 11) is 0.405. The van der Waals surface area contributed by atoms with Gasteiger partial charge < -0.3 is 14.5 Å². The number of rotatable bonds is 6. The monoisotopic (exact) mass is 353 g/mol. The molecule has 4 nitrogen and oxygen atoms in total. The predicted molar refractivity (Wildman–Crippen MR) is 96.0 cm³/mol. The Bertz CT molecular complexity index is 686. The Labute approximate surface area is 142 Å². The smallest absolute Gasteiger partial charge is 0.264 e. The van der Waals surface area contributed by atoms with Gasteiger partial charge in [0.05, 0.1) is 6.61 Å². The minimum atomic E-state index is -3.46. The first-order chi connectivity index (χ1) is 10.9. The summed E-state index contributed by atoms with van der Waals surface area (Å²) in [5, 5.41) is 11.7. The largest absolute Gasteiger partial charge is 0.378 e. The quantitative estimate of drug-likeness (QED) is 0.796. The number of benzene rings is 2. The summed E-state index contributed by atoms with van der Waals surface area (Å²) < 4.78 is 18.9. The van der Waals surface area contributed by atoms with Crippen LogP contribution in [-0.2, 0) is 9.09 Å². The lowest BCUT2D eigenvalue weighted by molar-refractivity contribution is 0.218. The SMILES string of the molecule is CCO[P@](=O)(c1ccc(N(C)C)cc1)[C@@H](O)c1ccc(Cl)cc1. The van der Waals surface area contributed by atoms with E-state index in [0.717, 1.165) is 5.69 Å². The molecule has 0 aliphatic rings. The summed E-state index contributed by atoms with van der Waals surface area (Å²) in [6.07, 6.45) is 0. The van der Waals surface area contributed by atoms with Crippen molar-refractivity contribution >= 4 is 30.0 Å². The fraction of sp³-hybridized carbons (Fsp3) is 0.294. The fourth-order valence-electron chi connectivity index (χ4n) is 2.27. The van der Waals surface area contributed by atoms with Crippen molar-refractivity contribution in [2.24, 2.45) is 0 Å². The van der Waals surface area contributed by atoms with Gasteiger partial charge in [0.2, 0.25) is 0 Å². The molecule has 0 heterocycles. The Kier molecular flexibility index (Phi) is 5.88. The molecule has 0 spiro atoms. The third kappa shape index (κ3) is 3.96. The second kappa shape index (κ2) is 7.50. The molecule has 1 N–H and O–H groups in total. The Balaban J connectivity index is 2.41. The van der Waals surface area contributed by atoms with E-state index in [0.29, 0.717) is 15.9 Å². The molecule has 0 saturated heterocycles. The normalized spacial score (nSPS) is 15.0. The second-order valence-electron chi connectivity index (χ2n) is 5.35. The van der Waals surface area contributed by atoms with Gasteiger partial charge in [0.1, 0.15) is 0 Å². The molecule has 0 radical (unpaired) electrons. The zero-order valence-electron chi connectivity index (χ0n) is 13.4. The molecule has 0 bridgehead atoms. The van der Waals surface area contributed by atoms with Crippen molar-refractivity contribution in [3.8, 4) is 0 Å². The highest BCUT2D eigenvalue weighted by Gasteiger charge is 2.36. The van der Waals surface area contributed by atoms with Crippen LogP contribution in [0.5, 0.6) is 0 Å². The first-order valence-electron chi connectivity index (χ1n) is 7.34. The van der Waals surface area contributed by atoms with Gasteiger partial charge in [-0.25, -0.2) is 0 Å². The molecule has 2 aromatic rings. The van der Waals surface area contributed by atoms with Gasteiger partial charge in [-0.2, -0.15) is 0 Å². The highest BCUT2D eigenvalue weighted by molar-refractivity contribution is 7.67. The van der Waals surface area contributed by atoms with E-state index in [2.05, 4.69) is 0 Å². The van der Waals surface area contributed by atoms with Crippen molar-refractivity contribution < 1.29 is 14.2 Å². The first kappa shape index (κ1) is 18.0. The summed E-state index contributed by atoms with van der Waals surface area (Å²) in [5.41, 5.74) is 1.50. The predicted octanol–water partition coefficient (Wildman–Crippen LogP) is 4.04. The van der Waals surface area contributed by atoms with E-state index >= 15 is 0 Å². The molecule has 2 aromatic carbocycles. The van der Waals surface area contributed by atoms with Gasteiger partial charge in [-0.3, -0.25) is 4.57 Å².